The van der Waals surface area contributed by atoms with Crippen LogP contribution >= 0.6 is 0 Å². The number of nitrogens with zero attached hydrogens (tertiary/aromatic N) is 6. The van der Waals surface area contributed by atoms with Gasteiger partial charge in [0.25, 0.3) is 0 Å². The summed E-state index contributed by atoms with van der Waals surface area (Å²) in [5.74, 6) is 2.75. The van der Waals surface area contributed by atoms with Gasteiger partial charge in [-0.3, -0.25) is 4.79 Å². The number of likely N-dealkylation sites (tertiary alicyclic amines) is 1. The summed E-state index contributed by atoms with van der Waals surface area (Å²) in [6.07, 6.45) is 2.58. The molecule has 0 radical (unpaired) electrons. The Kier molecular flexibility index (Phi) is 7.38. The van der Waals surface area contributed by atoms with Crippen molar-refractivity contribution in [3.63, 3.8) is 0 Å². The number of rotatable bonds is 8. The molecular formula is C18H34N6O. The first-order valence-electron chi connectivity index (χ1n) is 9.49. The van der Waals surface area contributed by atoms with Crippen molar-refractivity contribution in [3.05, 3.63) is 11.6 Å². The Balaban J connectivity index is 1.85. The Morgan fingerprint density at radius 3 is 2.36 bits per heavy atom. The molecule has 1 fully saturated rings. The molecule has 0 N–H and O–H groups in total. The minimum atomic E-state index is 0.289. The molecule has 1 aliphatic heterocycles. The normalized spacial score (nSPS) is 16.2. The van der Waals surface area contributed by atoms with Crippen LogP contribution in [0.2, 0.25) is 0 Å². The van der Waals surface area contributed by atoms with Crippen LogP contribution < -0.4 is 0 Å². The molecule has 2 rings (SSSR count). The minimum absolute atomic E-state index is 0.289. The second kappa shape index (κ2) is 9.29. The van der Waals surface area contributed by atoms with Crippen molar-refractivity contribution in [2.24, 2.45) is 7.05 Å². The number of hydrogen-bond acceptors (Lipinski definition) is 5. The summed E-state index contributed by atoms with van der Waals surface area (Å²) in [5.41, 5.74) is 0. The standard InChI is InChI=1S/C18H34N6O/c1-6-23(7-2)11-10-17(25)24-12-8-15(9-13-24)18-20-19-16(22(18)5)14-21(3)4/h15H,6-14H2,1-5H3. The van der Waals surface area contributed by atoms with Crippen LogP contribution in [0.25, 0.3) is 0 Å². The second-order valence-corrected chi connectivity index (χ2v) is 7.20. The summed E-state index contributed by atoms with van der Waals surface area (Å²) in [6, 6.07) is 0. The maximum absolute atomic E-state index is 12.4. The molecule has 0 atom stereocenters. The van der Waals surface area contributed by atoms with Gasteiger partial charge in [-0.05, 0) is 40.0 Å². The van der Waals surface area contributed by atoms with Crippen molar-refractivity contribution in [1.29, 1.82) is 0 Å². The number of carbonyl (C=O) groups excluding carboxylic acids is 1. The van der Waals surface area contributed by atoms with Gasteiger partial charge in [0.05, 0.1) is 6.54 Å². The summed E-state index contributed by atoms with van der Waals surface area (Å²) >= 11 is 0. The van der Waals surface area contributed by atoms with E-state index in [1.807, 2.05) is 19.0 Å². The molecule has 0 aliphatic carbocycles. The van der Waals surface area contributed by atoms with Crippen LogP contribution in [-0.4, -0.2) is 82.2 Å². The molecule has 7 nitrogen and oxygen atoms in total. The van der Waals surface area contributed by atoms with E-state index >= 15 is 0 Å². The number of amides is 1. The Bertz CT molecular complexity index is 544. The Hall–Kier alpha value is -1.47. The average Bonchev–Trinajstić information content (AvgIpc) is 2.96. The second-order valence-electron chi connectivity index (χ2n) is 7.20. The third-order valence-electron chi connectivity index (χ3n) is 5.21. The van der Waals surface area contributed by atoms with E-state index in [-0.39, 0.29) is 5.91 Å². The van der Waals surface area contributed by atoms with Gasteiger partial charge < -0.3 is 19.3 Å². The minimum Gasteiger partial charge on any atom is -0.343 e. The van der Waals surface area contributed by atoms with Gasteiger partial charge in [-0.2, -0.15) is 0 Å². The van der Waals surface area contributed by atoms with E-state index in [9.17, 15) is 4.79 Å². The van der Waals surface area contributed by atoms with E-state index in [0.29, 0.717) is 12.3 Å². The maximum atomic E-state index is 12.4. The van der Waals surface area contributed by atoms with Crippen molar-refractivity contribution in [1.82, 2.24) is 29.5 Å². The molecule has 2 heterocycles. The van der Waals surface area contributed by atoms with Gasteiger partial charge in [0.2, 0.25) is 5.91 Å². The quantitative estimate of drug-likeness (QED) is 0.708. The first-order chi connectivity index (χ1) is 12.0. The van der Waals surface area contributed by atoms with Crippen LogP contribution in [-0.2, 0) is 18.4 Å². The van der Waals surface area contributed by atoms with E-state index in [2.05, 4.69) is 45.5 Å². The maximum Gasteiger partial charge on any atom is 0.223 e. The van der Waals surface area contributed by atoms with E-state index in [0.717, 1.165) is 63.8 Å². The summed E-state index contributed by atoms with van der Waals surface area (Å²) < 4.78 is 2.13. The first-order valence-corrected chi connectivity index (χ1v) is 9.49. The Labute approximate surface area is 152 Å². The van der Waals surface area contributed by atoms with Gasteiger partial charge in [0, 0.05) is 39.0 Å². The summed E-state index contributed by atoms with van der Waals surface area (Å²) in [6.45, 7) is 9.63. The highest BCUT2D eigenvalue weighted by Gasteiger charge is 2.27. The van der Waals surface area contributed by atoms with Crippen molar-refractivity contribution < 1.29 is 4.79 Å². The Morgan fingerprint density at radius 1 is 1.16 bits per heavy atom. The van der Waals surface area contributed by atoms with Gasteiger partial charge in [-0.1, -0.05) is 13.8 Å². The lowest BCUT2D eigenvalue weighted by molar-refractivity contribution is -0.132. The molecule has 1 saturated heterocycles. The molecular weight excluding hydrogens is 316 g/mol. The highest BCUT2D eigenvalue weighted by Crippen LogP contribution is 2.27. The summed E-state index contributed by atoms with van der Waals surface area (Å²) in [7, 11) is 6.13. The van der Waals surface area contributed by atoms with Crippen LogP contribution in [0.1, 0.15) is 50.7 Å². The molecule has 0 aromatic carbocycles. The van der Waals surface area contributed by atoms with Gasteiger partial charge >= 0.3 is 0 Å². The average molecular weight is 351 g/mol. The molecule has 0 bridgehead atoms. The number of piperidine rings is 1. The molecule has 1 aliphatic rings. The number of aromatic nitrogens is 3. The predicted molar refractivity (Wildman–Crippen MR) is 99.4 cm³/mol. The number of hydrogen-bond donors (Lipinski definition) is 0. The zero-order valence-electron chi connectivity index (χ0n) is 16.5. The molecule has 0 unspecified atom stereocenters. The van der Waals surface area contributed by atoms with Gasteiger partial charge in [-0.25, -0.2) is 0 Å². The van der Waals surface area contributed by atoms with Crippen molar-refractivity contribution >= 4 is 5.91 Å². The van der Waals surface area contributed by atoms with Crippen molar-refractivity contribution in [2.45, 2.75) is 45.6 Å². The Morgan fingerprint density at radius 2 is 1.80 bits per heavy atom. The molecule has 0 saturated carbocycles. The number of carbonyl (C=O) groups is 1. The largest absolute Gasteiger partial charge is 0.343 e. The molecule has 1 aromatic rings. The third-order valence-corrected chi connectivity index (χ3v) is 5.21. The summed E-state index contributed by atoms with van der Waals surface area (Å²) in [4.78, 5) is 18.9. The van der Waals surface area contributed by atoms with Gasteiger partial charge in [-0.15, -0.1) is 10.2 Å². The van der Waals surface area contributed by atoms with Crippen LogP contribution in [0, 0.1) is 0 Å². The van der Waals surface area contributed by atoms with E-state index in [1.165, 1.54) is 0 Å². The van der Waals surface area contributed by atoms with Crippen molar-refractivity contribution in [3.8, 4) is 0 Å². The molecule has 25 heavy (non-hydrogen) atoms. The molecule has 1 amide bonds. The monoisotopic (exact) mass is 350 g/mol. The predicted octanol–water partition coefficient (Wildman–Crippen LogP) is 1.31. The van der Waals surface area contributed by atoms with Crippen LogP contribution in [0.3, 0.4) is 0 Å². The lowest BCUT2D eigenvalue weighted by Gasteiger charge is -2.32. The van der Waals surface area contributed by atoms with Crippen molar-refractivity contribution in [2.75, 3.05) is 46.8 Å². The van der Waals surface area contributed by atoms with E-state index in [1.54, 1.807) is 0 Å². The summed E-state index contributed by atoms with van der Waals surface area (Å²) in [5, 5.41) is 8.76. The molecule has 1 aromatic heterocycles. The third kappa shape index (κ3) is 5.25. The first kappa shape index (κ1) is 19.8. The molecule has 142 valence electrons. The van der Waals surface area contributed by atoms with Gasteiger partial charge in [0.15, 0.2) is 0 Å². The van der Waals surface area contributed by atoms with E-state index < -0.39 is 0 Å². The van der Waals surface area contributed by atoms with Crippen LogP contribution in [0.5, 0.6) is 0 Å². The molecule has 0 spiro atoms. The fraction of sp³-hybridized carbons (Fsp3) is 0.833. The fourth-order valence-corrected chi connectivity index (χ4v) is 3.49. The van der Waals surface area contributed by atoms with Gasteiger partial charge in [0.1, 0.15) is 11.6 Å². The van der Waals surface area contributed by atoms with Crippen LogP contribution in [0.15, 0.2) is 0 Å². The lowest BCUT2D eigenvalue weighted by atomic mass is 9.95. The highest BCUT2D eigenvalue weighted by molar-refractivity contribution is 5.76. The SMILES string of the molecule is CCN(CC)CCC(=O)N1CCC(c2nnc(CN(C)C)n2C)CC1. The topological polar surface area (TPSA) is 57.5 Å². The smallest absolute Gasteiger partial charge is 0.223 e. The van der Waals surface area contributed by atoms with Crippen LogP contribution in [0.4, 0.5) is 0 Å². The lowest BCUT2D eigenvalue weighted by Crippen LogP contribution is -2.40. The highest BCUT2D eigenvalue weighted by atomic mass is 16.2. The zero-order chi connectivity index (χ0) is 18.4. The fourth-order valence-electron chi connectivity index (χ4n) is 3.49. The van der Waals surface area contributed by atoms with E-state index in [4.69, 9.17) is 0 Å². The molecule has 7 heteroatoms. The zero-order valence-corrected chi connectivity index (χ0v) is 16.5.